The number of piperazine rings is 1. The van der Waals surface area contributed by atoms with E-state index in [1.54, 1.807) is 0 Å². The molecule has 1 aromatic rings. The topological polar surface area (TPSA) is 101 Å². The van der Waals surface area contributed by atoms with Gasteiger partial charge in [0.05, 0.1) is 37.9 Å². The molecular weight excluding hydrogens is 448 g/mol. The minimum Gasteiger partial charge on any atom is -0.493 e. The summed E-state index contributed by atoms with van der Waals surface area (Å²) in [6.45, 7) is 7.05. The number of unbranched alkanes of at least 4 members (excludes halogenated alkanes) is 1. The van der Waals surface area contributed by atoms with E-state index in [1.165, 1.54) is 30.7 Å². The van der Waals surface area contributed by atoms with Crippen LogP contribution in [-0.2, 0) is 14.8 Å². The largest absolute Gasteiger partial charge is 0.493 e. The van der Waals surface area contributed by atoms with Crippen molar-refractivity contribution in [1.82, 2.24) is 19.4 Å². The lowest BCUT2D eigenvalue weighted by atomic mass is 10.1. The molecule has 0 radical (unpaired) electrons. The molecule has 11 heteroatoms. The summed E-state index contributed by atoms with van der Waals surface area (Å²) in [7, 11) is 1.19. The van der Waals surface area contributed by atoms with Crippen LogP contribution in [0.15, 0.2) is 17.0 Å². The molecule has 10 nitrogen and oxygen atoms in total. The fourth-order valence-electron chi connectivity index (χ4n) is 4.02. The number of benzene rings is 1. The predicted octanol–water partition coefficient (Wildman–Crippen LogP) is 0.482. The first-order valence-corrected chi connectivity index (χ1v) is 12.8. The Morgan fingerprint density at radius 2 is 1.73 bits per heavy atom. The zero-order chi connectivity index (χ0) is 23.8. The first-order chi connectivity index (χ1) is 15.9. The molecule has 33 heavy (non-hydrogen) atoms. The molecule has 0 aromatic heterocycles. The maximum atomic E-state index is 13.1. The highest BCUT2D eigenvalue weighted by atomic mass is 32.2. The lowest BCUT2D eigenvalue weighted by molar-refractivity contribution is 0.0730. The second-order valence-corrected chi connectivity index (χ2v) is 10.3. The molecule has 1 N–H and O–H groups in total. The zero-order valence-corrected chi connectivity index (χ0v) is 20.7. The number of carbonyl (C=O) groups is 1. The first-order valence-electron chi connectivity index (χ1n) is 11.4. The number of morpholine rings is 1. The van der Waals surface area contributed by atoms with Crippen LogP contribution in [0.5, 0.6) is 11.5 Å². The maximum Gasteiger partial charge on any atom is 0.255 e. The highest BCUT2D eigenvalue weighted by molar-refractivity contribution is 7.89. The van der Waals surface area contributed by atoms with Crippen LogP contribution in [0.3, 0.4) is 0 Å². The third-order valence-corrected chi connectivity index (χ3v) is 7.96. The van der Waals surface area contributed by atoms with Crippen LogP contribution in [-0.4, -0.2) is 115 Å². The summed E-state index contributed by atoms with van der Waals surface area (Å²) < 4.78 is 43.6. The number of hydrogen-bond donors (Lipinski definition) is 1. The zero-order valence-electron chi connectivity index (χ0n) is 19.8. The van der Waals surface area contributed by atoms with Gasteiger partial charge < -0.3 is 29.3 Å². The molecule has 0 aliphatic carbocycles. The van der Waals surface area contributed by atoms with Crippen molar-refractivity contribution in [2.24, 2.45) is 0 Å². The van der Waals surface area contributed by atoms with Crippen molar-refractivity contribution in [2.45, 2.75) is 17.7 Å². The van der Waals surface area contributed by atoms with Crippen molar-refractivity contribution in [2.75, 3.05) is 86.8 Å². The van der Waals surface area contributed by atoms with Crippen molar-refractivity contribution in [3.8, 4) is 11.5 Å². The molecule has 0 unspecified atom stereocenters. The third-order valence-electron chi connectivity index (χ3n) is 6.09. The molecule has 1 amide bonds. The Kier molecular flexibility index (Phi) is 9.33. The van der Waals surface area contributed by atoms with Gasteiger partial charge in [-0.1, -0.05) is 0 Å². The minimum atomic E-state index is -3.79. The molecule has 2 heterocycles. The number of amides is 1. The molecule has 3 rings (SSSR count). The summed E-state index contributed by atoms with van der Waals surface area (Å²) in [4.78, 5) is 17.7. The Morgan fingerprint density at radius 1 is 1.03 bits per heavy atom. The van der Waals surface area contributed by atoms with E-state index in [4.69, 9.17) is 14.2 Å². The van der Waals surface area contributed by atoms with Gasteiger partial charge in [0.25, 0.3) is 5.91 Å². The number of sulfonamides is 1. The summed E-state index contributed by atoms with van der Waals surface area (Å²) >= 11 is 0. The van der Waals surface area contributed by atoms with E-state index >= 15 is 0 Å². The molecule has 0 atom stereocenters. The van der Waals surface area contributed by atoms with Crippen LogP contribution in [0.1, 0.15) is 23.2 Å². The number of nitrogens with zero attached hydrogens (tertiary/aromatic N) is 3. The average Bonchev–Trinajstić information content (AvgIpc) is 2.84. The number of likely N-dealkylation sites (N-methyl/N-ethyl adjacent to an activating group) is 1. The van der Waals surface area contributed by atoms with Gasteiger partial charge in [-0.3, -0.25) is 4.79 Å². The van der Waals surface area contributed by atoms with Crippen molar-refractivity contribution >= 4 is 15.9 Å². The Hall–Kier alpha value is -1.92. The quantitative estimate of drug-likeness (QED) is 0.479. The highest BCUT2D eigenvalue weighted by Gasteiger charge is 2.30. The first kappa shape index (κ1) is 25.7. The Morgan fingerprint density at radius 3 is 2.36 bits per heavy atom. The van der Waals surface area contributed by atoms with Crippen LogP contribution < -0.4 is 14.8 Å². The number of hydrogen-bond acceptors (Lipinski definition) is 8. The van der Waals surface area contributed by atoms with Gasteiger partial charge in [0.15, 0.2) is 11.5 Å². The van der Waals surface area contributed by atoms with Gasteiger partial charge in [0.2, 0.25) is 10.0 Å². The number of methoxy groups -OCH3 is 2. The van der Waals surface area contributed by atoms with E-state index in [0.29, 0.717) is 19.8 Å². The smallest absolute Gasteiger partial charge is 0.255 e. The summed E-state index contributed by atoms with van der Waals surface area (Å²) in [5, 5.41) is 2.90. The molecule has 0 bridgehead atoms. The summed E-state index contributed by atoms with van der Waals surface area (Å²) in [6.07, 6.45) is 1.82. The van der Waals surface area contributed by atoms with Crippen LogP contribution in [0.25, 0.3) is 0 Å². The molecule has 0 saturated carbocycles. The summed E-state index contributed by atoms with van der Waals surface area (Å²) in [6, 6.07) is 2.77. The van der Waals surface area contributed by atoms with Crippen LogP contribution in [0.2, 0.25) is 0 Å². The molecule has 2 saturated heterocycles. The lowest BCUT2D eigenvalue weighted by Crippen LogP contribution is -2.44. The van der Waals surface area contributed by atoms with E-state index < -0.39 is 10.0 Å². The fraction of sp³-hybridized carbons (Fsp3) is 0.682. The second kappa shape index (κ2) is 12.0. The van der Waals surface area contributed by atoms with Gasteiger partial charge in [-0.05, 0) is 32.5 Å². The van der Waals surface area contributed by atoms with Gasteiger partial charge in [-0.15, -0.1) is 0 Å². The van der Waals surface area contributed by atoms with E-state index in [1.807, 2.05) is 0 Å². The number of nitrogens with one attached hydrogen (secondary N) is 1. The van der Waals surface area contributed by atoms with Crippen molar-refractivity contribution < 1.29 is 27.4 Å². The Bertz CT molecular complexity index is 896. The highest BCUT2D eigenvalue weighted by Crippen LogP contribution is 2.35. The van der Waals surface area contributed by atoms with Gasteiger partial charge in [-0.2, -0.15) is 4.31 Å². The molecule has 186 valence electrons. The second-order valence-electron chi connectivity index (χ2n) is 8.33. The van der Waals surface area contributed by atoms with Crippen LogP contribution in [0, 0.1) is 0 Å². The Labute approximate surface area is 196 Å². The molecule has 1 aromatic carbocycles. The average molecular weight is 485 g/mol. The molecule has 0 spiro atoms. The molecule has 2 aliphatic heterocycles. The minimum absolute atomic E-state index is 0.00210. The SMILES string of the molecule is COc1cc(S(=O)(=O)N2CCOCC2)cc(C(=O)NCCCCN2CCN(C)CC2)c1OC. The van der Waals surface area contributed by atoms with Crippen molar-refractivity contribution in [3.05, 3.63) is 17.7 Å². The van der Waals surface area contributed by atoms with E-state index in [2.05, 4.69) is 22.2 Å². The maximum absolute atomic E-state index is 13.1. The standard InChI is InChI=1S/C22H36N4O6S/c1-24-8-10-25(11-9-24)7-5-4-6-23-22(27)19-16-18(17-20(30-2)21(19)31-3)33(28,29)26-12-14-32-15-13-26/h16-17H,4-15H2,1-3H3,(H,23,27). The molecule has 2 fully saturated rings. The summed E-state index contributed by atoms with van der Waals surface area (Å²) in [5.74, 6) is 0.0317. The number of rotatable bonds is 10. The van der Waals surface area contributed by atoms with Crippen LogP contribution >= 0.6 is 0 Å². The van der Waals surface area contributed by atoms with Crippen LogP contribution in [0.4, 0.5) is 0 Å². The van der Waals surface area contributed by atoms with Gasteiger partial charge in [-0.25, -0.2) is 8.42 Å². The number of carbonyl (C=O) groups excluding carboxylic acids is 1. The van der Waals surface area contributed by atoms with Crippen molar-refractivity contribution in [3.63, 3.8) is 0 Å². The van der Waals surface area contributed by atoms with Crippen molar-refractivity contribution in [1.29, 1.82) is 0 Å². The van der Waals surface area contributed by atoms with E-state index in [0.717, 1.165) is 45.6 Å². The molecular formula is C22H36N4O6S. The normalized spacial score (nSPS) is 18.8. The fourth-order valence-corrected chi connectivity index (χ4v) is 5.47. The lowest BCUT2D eigenvalue weighted by Gasteiger charge is -2.32. The predicted molar refractivity (Wildman–Crippen MR) is 125 cm³/mol. The summed E-state index contributed by atoms with van der Waals surface area (Å²) in [5.41, 5.74) is 0.141. The monoisotopic (exact) mass is 484 g/mol. The van der Waals surface area contributed by atoms with Gasteiger partial charge in [0, 0.05) is 51.9 Å². The Balaban J connectivity index is 1.65. The van der Waals surface area contributed by atoms with Gasteiger partial charge in [0.1, 0.15) is 0 Å². The van der Waals surface area contributed by atoms with E-state index in [-0.39, 0.29) is 41.0 Å². The van der Waals surface area contributed by atoms with Gasteiger partial charge >= 0.3 is 0 Å². The van der Waals surface area contributed by atoms with E-state index in [9.17, 15) is 13.2 Å². The number of ether oxygens (including phenoxy) is 3. The third kappa shape index (κ3) is 6.57. The molecule has 2 aliphatic rings.